The fourth-order valence-electron chi connectivity index (χ4n) is 2.13. The molecular weight excluding hydrogens is 369 g/mol. The Labute approximate surface area is 157 Å². The van der Waals surface area contributed by atoms with Crippen LogP contribution in [0, 0.1) is 0 Å². The van der Waals surface area contributed by atoms with Gasteiger partial charge in [-0.1, -0.05) is 36.4 Å². The maximum Gasteiger partial charge on any atom is 0.452 e. The molecule has 5 N–H and O–H groups in total. The quantitative estimate of drug-likeness (QED) is 0.560. The minimum Gasteiger partial charge on any atom is -0.415 e. The van der Waals surface area contributed by atoms with Crippen molar-refractivity contribution in [1.29, 1.82) is 0 Å². The Morgan fingerprint density at radius 3 is 1.85 bits per heavy atom. The highest BCUT2D eigenvalue weighted by Gasteiger charge is 2.38. The van der Waals surface area contributed by atoms with Crippen LogP contribution in [0.25, 0.3) is 0 Å². The molecule has 0 heterocycles. The molecule has 0 radical (unpaired) electrons. The van der Waals surface area contributed by atoms with Crippen LogP contribution < -0.4 is 25.8 Å². The molecule has 2 aromatic carbocycles. The van der Waals surface area contributed by atoms with Crippen molar-refractivity contribution in [3.8, 4) is 11.5 Å². The first kappa shape index (κ1) is 20.5. The van der Waals surface area contributed by atoms with E-state index in [4.69, 9.17) is 20.5 Å². The lowest BCUT2D eigenvalue weighted by Gasteiger charge is -2.26. The third kappa shape index (κ3) is 6.13. The van der Waals surface area contributed by atoms with Crippen LogP contribution in [0.4, 0.5) is 0 Å². The predicted octanol–water partition coefficient (Wildman–Crippen LogP) is 2.00. The van der Waals surface area contributed by atoms with Gasteiger partial charge in [0, 0.05) is 0 Å². The first-order chi connectivity index (χ1) is 12.8. The molecule has 0 saturated heterocycles. The van der Waals surface area contributed by atoms with E-state index in [-0.39, 0.29) is 6.42 Å². The first-order valence-electron chi connectivity index (χ1n) is 8.23. The van der Waals surface area contributed by atoms with Crippen molar-refractivity contribution < 1.29 is 23.2 Å². The second kappa shape index (κ2) is 9.21. The molecule has 0 saturated carbocycles. The number of amides is 2. The van der Waals surface area contributed by atoms with Crippen molar-refractivity contribution in [2.24, 2.45) is 11.5 Å². The molecule has 0 aliphatic carbocycles. The van der Waals surface area contributed by atoms with Crippen molar-refractivity contribution in [2.45, 2.75) is 25.2 Å². The molecule has 9 heteroatoms. The topological polar surface area (TPSA) is 134 Å². The Kier molecular flexibility index (Phi) is 6.98. The third-order valence-corrected chi connectivity index (χ3v) is 5.54. The van der Waals surface area contributed by atoms with Crippen molar-refractivity contribution in [2.75, 3.05) is 0 Å². The van der Waals surface area contributed by atoms with E-state index in [1.807, 2.05) is 0 Å². The summed E-state index contributed by atoms with van der Waals surface area (Å²) in [4.78, 5) is 23.1. The minimum atomic E-state index is -3.89. The van der Waals surface area contributed by atoms with Crippen molar-refractivity contribution in [1.82, 2.24) is 5.32 Å². The van der Waals surface area contributed by atoms with Gasteiger partial charge in [0.05, 0.1) is 12.5 Å². The van der Waals surface area contributed by atoms with Gasteiger partial charge in [0.25, 0.3) is 0 Å². The number of nitrogens with two attached hydrogens (primary N) is 2. The number of benzene rings is 2. The second-order valence-electron chi connectivity index (χ2n) is 5.81. The number of rotatable bonds is 9. The summed E-state index contributed by atoms with van der Waals surface area (Å²) >= 11 is 0. The van der Waals surface area contributed by atoms with Crippen LogP contribution in [0.2, 0.25) is 0 Å². The van der Waals surface area contributed by atoms with Crippen molar-refractivity contribution in [3.05, 3.63) is 60.7 Å². The minimum absolute atomic E-state index is 0.319. The fraction of sp³-hybridized carbons (Fsp3) is 0.222. The zero-order valence-electron chi connectivity index (χ0n) is 14.8. The SMILES string of the molecule is C[C@H](NC(=O)[C@@H](N)CC(N)=O)P(=O)(Oc1ccccc1)Oc1ccccc1. The van der Waals surface area contributed by atoms with E-state index in [9.17, 15) is 14.2 Å². The highest BCUT2D eigenvalue weighted by atomic mass is 31.2. The number of hydrogen-bond donors (Lipinski definition) is 3. The summed E-state index contributed by atoms with van der Waals surface area (Å²) in [6, 6.07) is 15.7. The largest absolute Gasteiger partial charge is 0.452 e. The standard InChI is InChI=1S/C18H22N3O5P/c1-13(21-18(23)16(19)12-17(20)22)27(24,25-14-8-4-2-5-9-14)26-15-10-6-3-7-11-15/h2-11,13,16H,12,19H2,1H3,(H2,20,22)(H,21,23)/t13-,16+/m1/s1. The molecule has 0 fully saturated rings. The van der Waals surface area contributed by atoms with Gasteiger partial charge in [-0.2, -0.15) is 0 Å². The van der Waals surface area contributed by atoms with E-state index in [1.54, 1.807) is 60.7 Å². The van der Waals surface area contributed by atoms with Gasteiger partial charge in [0.2, 0.25) is 11.8 Å². The Morgan fingerprint density at radius 2 is 1.44 bits per heavy atom. The lowest BCUT2D eigenvalue weighted by atomic mass is 10.2. The van der Waals surface area contributed by atoms with Gasteiger partial charge in [-0.15, -0.1) is 0 Å². The maximum atomic E-state index is 13.4. The number of carbonyl (C=O) groups is 2. The molecule has 2 aromatic rings. The molecular formula is C18H22N3O5P. The zero-order valence-corrected chi connectivity index (χ0v) is 15.7. The van der Waals surface area contributed by atoms with Gasteiger partial charge in [-0.3, -0.25) is 9.59 Å². The average Bonchev–Trinajstić information content (AvgIpc) is 2.62. The van der Waals surface area contributed by atoms with Crippen LogP contribution in [-0.2, 0) is 14.2 Å². The Bertz CT molecular complexity index is 771. The summed E-state index contributed by atoms with van der Waals surface area (Å²) in [6.45, 7) is 1.47. The van der Waals surface area contributed by atoms with E-state index in [0.717, 1.165) is 0 Å². The first-order valence-corrected chi connectivity index (χ1v) is 9.84. The van der Waals surface area contributed by atoms with Crippen molar-refractivity contribution >= 4 is 19.4 Å². The fourth-order valence-corrected chi connectivity index (χ4v) is 3.60. The van der Waals surface area contributed by atoms with E-state index in [0.29, 0.717) is 11.5 Å². The molecule has 27 heavy (non-hydrogen) atoms. The third-order valence-electron chi connectivity index (χ3n) is 3.54. The molecule has 0 bridgehead atoms. The molecule has 8 nitrogen and oxygen atoms in total. The van der Waals surface area contributed by atoms with Crippen LogP contribution >= 0.6 is 7.60 Å². The Morgan fingerprint density at radius 1 is 1.00 bits per heavy atom. The summed E-state index contributed by atoms with van der Waals surface area (Å²) in [5.41, 5.74) is 10.7. The molecule has 0 aliphatic rings. The van der Waals surface area contributed by atoms with Gasteiger partial charge in [0.1, 0.15) is 11.5 Å². The smallest absolute Gasteiger partial charge is 0.415 e. The normalized spacial score (nSPS) is 13.3. The van der Waals surface area contributed by atoms with Gasteiger partial charge < -0.3 is 25.8 Å². The van der Waals surface area contributed by atoms with E-state index in [2.05, 4.69) is 5.32 Å². The van der Waals surface area contributed by atoms with Crippen LogP contribution in [0.15, 0.2) is 60.7 Å². The molecule has 2 atom stereocenters. The van der Waals surface area contributed by atoms with Gasteiger partial charge >= 0.3 is 7.60 Å². The summed E-state index contributed by atoms with van der Waals surface area (Å²) in [6.07, 6.45) is -0.331. The summed E-state index contributed by atoms with van der Waals surface area (Å²) in [5, 5.41) is 2.48. The summed E-state index contributed by atoms with van der Waals surface area (Å²) in [7, 11) is -3.89. The number of hydrogen-bond acceptors (Lipinski definition) is 6. The number of nitrogens with one attached hydrogen (secondary N) is 1. The molecule has 2 rings (SSSR count). The second-order valence-corrected chi connectivity index (χ2v) is 8.03. The van der Waals surface area contributed by atoms with Gasteiger partial charge in [0.15, 0.2) is 5.78 Å². The van der Waals surface area contributed by atoms with E-state index >= 15 is 0 Å². The maximum absolute atomic E-state index is 13.4. The zero-order chi connectivity index (χ0) is 19.9. The highest BCUT2D eigenvalue weighted by molar-refractivity contribution is 7.55. The summed E-state index contributed by atoms with van der Waals surface area (Å²) in [5.74, 6) is -1.80. The predicted molar refractivity (Wildman–Crippen MR) is 101 cm³/mol. The van der Waals surface area contributed by atoms with Crippen LogP contribution in [0.3, 0.4) is 0 Å². The molecule has 0 spiro atoms. The summed E-state index contributed by atoms with van der Waals surface area (Å²) < 4.78 is 24.7. The lowest BCUT2D eigenvalue weighted by molar-refractivity contribution is -0.126. The molecule has 0 aromatic heterocycles. The number of para-hydroxylation sites is 2. The van der Waals surface area contributed by atoms with Gasteiger partial charge in [-0.05, 0) is 31.2 Å². The molecule has 0 unspecified atom stereocenters. The highest BCUT2D eigenvalue weighted by Crippen LogP contribution is 2.51. The van der Waals surface area contributed by atoms with Crippen LogP contribution in [0.1, 0.15) is 13.3 Å². The molecule has 2 amide bonds. The monoisotopic (exact) mass is 391 g/mol. The molecule has 0 aliphatic heterocycles. The number of primary amides is 1. The lowest BCUT2D eigenvalue weighted by Crippen LogP contribution is -2.46. The van der Waals surface area contributed by atoms with E-state index in [1.165, 1.54) is 6.92 Å². The van der Waals surface area contributed by atoms with E-state index < -0.39 is 31.2 Å². The Hall–Kier alpha value is -2.83. The Balaban J connectivity index is 2.21. The van der Waals surface area contributed by atoms with Gasteiger partial charge in [-0.25, -0.2) is 4.57 Å². The van der Waals surface area contributed by atoms with Crippen molar-refractivity contribution in [3.63, 3.8) is 0 Å². The van der Waals surface area contributed by atoms with Crippen LogP contribution in [0.5, 0.6) is 11.5 Å². The molecule has 144 valence electrons. The number of carbonyl (C=O) groups excluding carboxylic acids is 2. The average molecular weight is 391 g/mol. The van der Waals surface area contributed by atoms with Crippen LogP contribution in [-0.4, -0.2) is 23.6 Å².